The van der Waals surface area contributed by atoms with Gasteiger partial charge >= 0.3 is 12.1 Å². The topological polar surface area (TPSA) is 61.8 Å². The first-order valence-electron chi connectivity index (χ1n) is 6.82. The quantitative estimate of drug-likeness (QED) is 0.613. The molecule has 2 rings (SSSR count). The molecular weight excluding hydrogens is 372 g/mol. The minimum atomic E-state index is -4.47. The predicted octanol–water partition coefficient (Wildman–Crippen LogP) is 2.67. The van der Waals surface area contributed by atoms with Gasteiger partial charge in [-0.05, 0) is 17.7 Å². The molecule has 1 aromatic carbocycles. The number of phenols is 1. The van der Waals surface area contributed by atoms with Crippen LogP contribution in [0, 0.1) is 0 Å². The third kappa shape index (κ3) is 5.70. The van der Waals surface area contributed by atoms with Crippen LogP contribution >= 0.6 is 24.8 Å². The van der Waals surface area contributed by atoms with Crippen molar-refractivity contribution in [2.45, 2.75) is 19.1 Å². The number of esters is 1. The first-order valence-corrected chi connectivity index (χ1v) is 6.82. The number of aromatic hydroxyl groups is 1. The smallest absolute Gasteiger partial charge is 0.408 e. The second-order valence-electron chi connectivity index (χ2n) is 5.05. The average molecular weight is 391 g/mol. The van der Waals surface area contributed by atoms with Crippen molar-refractivity contribution < 1.29 is 27.8 Å². The van der Waals surface area contributed by atoms with Crippen LogP contribution in [0.2, 0.25) is 0 Å². The Morgan fingerprint density at radius 3 is 2.33 bits per heavy atom. The number of benzene rings is 1. The van der Waals surface area contributed by atoms with E-state index in [0.29, 0.717) is 13.1 Å². The average Bonchev–Trinajstić information content (AvgIpc) is 2.41. The van der Waals surface area contributed by atoms with Gasteiger partial charge in [0.05, 0.1) is 0 Å². The van der Waals surface area contributed by atoms with Gasteiger partial charge in [0.25, 0.3) is 0 Å². The largest absolute Gasteiger partial charge is 0.504 e. The van der Waals surface area contributed by atoms with Crippen molar-refractivity contribution >= 4 is 30.8 Å². The van der Waals surface area contributed by atoms with Crippen molar-refractivity contribution in [1.82, 2.24) is 10.2 Å². The lowest BCUT2D eigenvalue weighted by molar-refractivity contribution is -0.187. The molecule has 1 saturated heterocycles. The van der Waals surface area contributed by atoms with Gasteiger partial charge in [0.1, 0.15) is 6.04 Å². The molecule has 1 aromatic rings. The van der Waals surface area contributed by atoms with Gasteiger partial charge in [-0.15, -0.1) is 24.8 Å². The lowest BCUT2D eigenvalue weighted by Gasteiger charge is -2.36. The van der Waals surface area contributed by atoms with Crippen LogP contribution in [0.25, 0.3) is 0 Å². The number of halogens is 5. The standard InChI is InChI=1S/C14H17F3N2O3.2ClH/c1-9(20)22-12-3-2-10(8-11(12)21)13(14(15,16)17)19-6-4-18-5-7-19;;/h2-3,8,13,18,21H,4-7H2,1H3;2*1H/t13-;;/m1../s1. The maximum atomic E-state index is 13.4. The molecule has 1 heterocycles. The Morgan fingerprint density at radius 1 is 1.29 bits per heavy atom. The fourth-order valence-corrected chi connectivity index (χ4v) is 2.49. The monoisotopic (exact) mass is 390 g/mol. The van der Waals surface area contributed by atoms with E-state index in [-0.39, 0.29) is 49.2 Å². The number of alkyl halides is 3. The Kier molecular flexibility index (Phi) is 8.84. The Bertz CT molecular complexity index is 553. The van der Waals surface area contributed by atoms with E-state index in [9.17, 15) is 23.1 Å². The zero-order valence-corrected chi connectivity index (χ0v) is 14.4. The highest BCUT2D eigenvalue weighted by molar-refractivity contribution is 5.85. The van der Waals surface area contributed by atoms with Gasteiger partial charge in [-0.3, -0.25) is 9.69 Å². The van der Waals surface area contributed by atoms with E-state index >= 15 is 0 Å². The van der Waals surface area contributed by atoms with Crippen LogP contribution in [0.1, 0.15) is 18.5 Å². The molecule has 0 bridgehead atoms. The molecule has 2 N–H and O–H groups in total. The molecule has 0 aliphatic carbocycles. The van der Waals surface area contributed by atoms with E-state index in [4.69, 9.17) is 4.74 Å². The number of carbonyl (C=O) groups is 1. The summed E-state index contributed by atoms with van der Waals surface area (Å²) >= 11 is 0. The molecule has 0 spiro atoms. The van der Waals surface area contributed by atoms with Crippen molar-refractivity contribution in [1.29, 1.82) is 0 Å². The van der Waals surface area contributed by atoms with Crippen molar-refractivity contribution in [3.63, 3.8) is 0 Å². The predicted molar refractivity (Wildman–Crippen MR) is 87.2 cm³/mol. The molecule has 24 heavy (non-hydrogen) atoms. The van der Waals surface area contributed by atoms with Crippen LogP contribution in [0.4, 0.5) is 13.2 Å². The van der Waals surface area contributed by atoms with E-state index in [2.05, 4.69) is 5.32 Å². The summed E-state index contributed by atoms with van der Waals surface area (Å²) < 4.78 is 44.9. The Balaban J connectivity index is 0.00000264. The van der Waals surface area contributed by atoms with Gasteiger partial charge in [-0.2, -0.15) is 13.2 Å². The highest BCUT2D eigenvalue weighted by Crippen LogP contribution is 2.40. The minimum Gasteiger partial charge on any atom is -0.504 e. The summed E-state index contributed by atoms with van der Waals surface area (Å²) in [6, 6.07) is 1.59. The fourth-order valence-electron chi connectivity index (χ4n) is 2.49. The SMILES string of the molecule is CC(=O)Oc1ccc([C@@H](N2CCNCC2)C(F)(F)F)cc1O.Cl.Cl. The second kappa shape index (κ2) is 9.31. The first-order chi connectivity index (χ1) is 10.3. The number of piperazine rings is 1. The van der Waals surface area contributed by atoms with E-state index in [1.807, 2.05) is 0 Å². The highest BCUT2D eigenvalue weighted by Gasteiger charge is 2.45. The molecule has 1 fully saturated rings. The number of nitrogens with zero attached hydrogens (tertiary/aromatic N) is 1. The minimum absolute atomic E-state index is 0. The number of hydrogen-bond acceptors (Lipinski definition) is 5. The van der Waals surface area contributed by atoms with E-state index in [1.54, 1.807) is 0 Å². The highest BCUT2D eigenvalue weighted by atomic mass is 35.5. The van der Waals surface area contributed by atoms with Crippen LogP contribution in [-0.4, -0.2) is 48.3 Å². The Labute approximate surface area is 150 Å². The van der Waals surface area contributed by atoms with Crippen LogP contribution in [0.3, 0.4) is 0 Å². The molecule has 5 nitrogen and oxygen atoms in total. The maximum Gasteiger partial charge on any atom is 0.408 e. The van der Waals surface area contributed by atoms with Crippen LogP contribution < -0.4 is 10.1 Å². The van der Waals surface area contributed by atoms with Crippen LogP contribution in [0.5, 0.6) is 11.5 Å². The third-order valence-corrected chi connectivity index (χ3v) is 3.38. The summed E-state index contributed by atoms with van der Waals surface area (Å²) in [4.78, 5) is 12.2. The molecule has 0 aromatic heterocycles. The molecule has 10 heteroatoms. The molecule has 0 radical (unpaired) electrons. The fraction of sp³-hybridized carbons (Fsp3) is 0.500. The van der Waals surface area contributed by atoms with Crippen molar-refractivity contribution in [3.8, 4) is 11.5 Å². The third-order valence-electron chi connectivity index (χ3n) is 3.38. The Hall–Kier alpha value is -1.22. The number of hydrogen-bond donors (Lipinski definition) is 2. The maximum absolute atomic E-state index is 13.4. The molecule has 1 aliphatic rings. The second-order valence-corrected chi connectivity index (χ2v) is 5.05. The lowest BCUT2D eigenvalue weighted by atomic mass is 10.0. The number of ether oxygens (including phenoxy) is 1. The van der Waals surface area contributed by atoms with Crippen molar-refractivity contribution in [2.24, 2.45) is 0 Å². The number of phenolic OH excluding ortho intramolecular Hbond substituents is 1. The van der Waals surface area contributed by atoms with E-state index in [1.165, 1.54) is 17.0 Å². The lowest BCUT2D eigenvalue weighted by Crippen LogP contribution is -2.49. The van der Waals surface area contributed by atoms with Crippen molar-refractivity contribution in [2.75, 3.05) is 26.2 Å². The molecule has 1 atom stereocenters. The first kappa shape index (κ1) is 22.8. The van der Waals surface area contributed by atoms with Crippen LogP contribution in [0.15, 0.2) is 18.2 Å². The van der Waals surface area contributed by atoms with Gasteiger partial charge in [-0.1, -0.05) is 6.07 Å². The summed E-state index contributed by atoms with van der Waals surface area (Å²) in [6.45, 7) is 2.62. The summed E-state index contributed by atoms with van der Waals surface area (Å²) in [5.74, 6) is -1.30. The number of carbonyl (C=O) groups excluding carboxylic acids is 1. The van der Waals surface area contributed by atoms with Gasteiger partial charge in [-0.25, -0.2) is 0 Å². The zero-order chi connectivity index (χ0) is 16.3. The molecule has 1 aliphatic heterocycles. The van der Waals surface area contributed by atoms with Gasteiger partial charge in [0.15, 0.2) is 11.5 Å². The summed E-state index contributed by atoms with van der Waals surface area (Å²) in [6.07, 6.45) is -4.47. The zero-order valence-electron chi connectivity index (χ0n) is 12.8. The van der Waals surface area contributed by atoms with E-state index in [0.717, 1.165) is 13.0 Å². The van der Waals surface area contributed by atoms with Crippen molar-refractivity contribution in [3.05, 3.63) is 23.8 Å². The Morgan fingerprint density at radius 2 is 1.88 bits per heavy atom. The number of rotatable bonds is 3. The summed E-state index contributed by atoms with van der Waals surface area (Å²) in [5, 5.41) is 12.8. The van der Waals surface area contributed by atoms with E-state index < -0.39 is 23.9 Å². The van der Waals surface area contributed by atoms with Gasteiger partial charge in [0.2, 0.25) is 0 Å². The summed E-state index contributed by atoms with van der Waals surface area (Å²) in [5.41, 5.74) is -0.0807. The molecule has 0 unspecified atom stereocenters. The molecule has 138 valence electrons. The van der Waals surface area contributed by atoms with Crippen LogP contribution in [-0.2, 0) is 4.79 Å². The van der Waals surface area contributed by atoms with Gasteiger partial charge < -0.3 is 15.2 Å². The molecular formula is C14H19Cl2F3N2O3. The molecule has 0 saturated carbocycles. The normalized spacial score (nSPS) is 16.5. The molecule has 0 amide bonds. The number of nitrogens with one attached hydrogen (secondary N) is 1. The summed E-state index contributed by atoms with van der Waals surface area (Å²) in [7, 11) is 0. The van der Waals surface area contributed by atoms with Gasteiger partial charge in [0, 0.05) is 33.1 Å².